The summed E-state index contributed by atoms with van der Waals surface area (Å²) in [4.78, 5) is 4.87. The number of aromatic nitrogens is 5. The van der Waals surface area contributed by atoms with Crippen LogP contribution >= 0.6 is 0 Å². The van der Waals surface area contributed by atoms with Crippen molar-refractivity contribution in [2.45, 2.75) is 26.2 Å². The molecule has 13 rings (SSSR count). The first-order valence-electron chi connectivity index (χ1n) is 22.4. The van der Waals surface area contributed by atoms with Gasteiger partial charge < -0.3 is 13.9 Å². The Hall–Kier alpha value is -7.79. The van der Waals surface area contributed by atoms with Crippen molar-refractivity contribution < 1.29 is 30.2 Å². The second-order valence-electron chi connectivity index (χ2n) is 18.0. The molecular formula is C60H41N5OPt-2. The Morgan fingerprint density at radius 2 is 1.19 bits per heavy atom. The van der Waals surface area contributed by atoms with Gasteiger partial charge in [0.2, 0.25) is 0 Å². The molecule has 0 unspecified atom stereocenters. The van der Waals surface area contributed by atoms with Gasteiger partial charge in [-0.05, 0) is 74.0 Å². The number of nitrogens with zero attached hydrogens (tertiary/aromatic N) is 5. The molecule has 5 heterocycles. The molecule has 0 aliphatic rings. The largest absolute Gasteiger partial charge is 0.510 e. The van der Waals surface area contributed by atoms with Crippen LogP contribution < -0.4 is 9.14 Å². The summed E-state index contributed by atoms with van der Waals surface area (Å²) in [6, 6.07) is 73.8. The fraction of sp³-hybridized carbons (Fsp3) is 0.0667. The van der Waals surface area contributed by atoms with Gasteiger partial charge in [0, 0.05) is 60.6 Å². The van der Waals surface area contributed by atoms with E-state index in [0.29, 0.717) is 11.5 Å². The number of hydrogen-bond acceptors (Lipinski definition) is 2. The fourth-order valence-corrected chi connectivity index (χ4v) is 10.0. The molecule has 7 heteroatoms. The predicted octanol–water partition coefficient (Wildman–Crippen LogP) is 14.3. The van der Waals surface area contributed by atoms with Gasteiger partial charge in [-0.1, -0.05) is 159 Å². The maximum Gasteiger partial charge on any atom is 0.196 e. The molecule has 8 aromatic carbocycles. The molecule has 13 aromatic rings. The maximum atomic E-state index is 6.73. The second-order valence-corrected chi connectivity index (χ2v) is 18.0. The minimum absolute atomic E-state index is 0. The minimum Gasteiger partial charge on any atom is -0.510 e. The van der Waals surface area contributed by atoms with Crippen LogP contribution in [0.15, 0.2) is 194 Å². The average molecular weight is 1040 g/mol. The Labute approximate surface area is 401 Å². The molecule has 0 radical (unpaired) electrons. The van der Waals surface area contributed by atoms with Crippen molar-refractivity contribution in [2.75, 3.05) is 0 Å². The van der Waals surface area contributed by atoms with E-state index >= 15 is 0 Å². The summed E-state index contributed by atoms with van der Waals surface area (Å²) in [5.41, 5.74) is 11.5. The number of ether oxygens (including phenoxy) is 1. The molecule has 0 amide bonds. The van der Waals surface area contributed by atoms with E-state index in [2.05, 4.69) is 227 Å². The van der Waals surface area contributed by atoms with E-state index in [0.717, 1.165) is 77.2 Å². The third-order valence-corrected chi connectivity index (χ3v) is 13.1. The third kappa shape index (κ3) is 6.42. The van der Waals surface area contributed by atoms with Crippen LogP contribution in [-0.2, 0) is 26.5 Å². The van der Waals surface area contributed by atoms with Crippen LogP contribution in [0.2, 0.25) is 0 Å². The van der Waals surface area contributed by atoms with Gasteiger partial charge in [0.15, 0.2) is 12.0 Å². The molecule has 0 saturated carbocycles. The zero-order chi connectivity index (χ0) is 44.1. The van der Waals surface area contributed by atoms with Crippen LogP contribution in [0.3, 0.4) is 0 Å². The zero-order valence-electron chi connectivity index (χ0n) is 36.9. The van der Waals surface area contributed by atoms with Crippen LogP contribution in [0.1, 0.15) is 26.3 Å². The van der Waals surface area contributed by atoms with E-state index < -0.39 is 0 Å². The average Bonchev–Trinajstić information content (AvgIpc) is 4.02. The van der Waals surface area contributed by atoms with Gasteiger partial charge in [0.25, 0.3) is 0 Å². The number of hydrogen-bond donors (Lipinski definition) is 0. The first-order valence-corrected chi connectivity index (χ1v) is 22.4. The number of para-hydroxylation sites is 4. The van der Waals surface area contributed by atoms with Gasteiger partial charge in [-0.15, -0.1) is 29.7 Å². The summed E-state index contributed by atoms with van der Waals surface area (Å²) in [6.45, 7) is 6.68. The van der Waals surface area contributed by atoms with Crippen molar-refractivity contribution >= 4 is 76.5 Å². The van der Waals surface area contributed by atoms with Gasteiger partial charge in [-0.25, -0.2) is 4.98 Å². The van der Waals surface area contributed by atoms with E-state index in [9.17, 15) is 0 Å². The third-order valence-electron chi connectivity index (χ3n) is 13.1. The molecule has 0 spiro atoms. The van der Waals surface area contributed by atoms with E-state index in [1.54, 1.807) is 0 Å². The molecule has 0 atom stereocenters. The Kier molecular flexibility index (Phi) is 9.53. The van der Waals surface area contributed by atoms with E-state index in [-0.39, 0.29) is 26.5 Å². The molecule has 0 aliphatic carbocycles. The molecule has 0 bridgehead atoms. The summed E-state index contributed by atoms with van der Waals surface area (Å²) >= 11 is 0. The molecule has 0 fully saturated rings. The van der Waals surface area contributed by atoms with Gasteiger partial charge in [-0.2, -0.15) is 18.2 Å². The summed E-state index contributed by atoms with van der Waals surface area (Å²) in [6.07, 6.45) is 5.77. The Bertz CT molecular complexity index is 4140. The first-order chi connectivity index (χ1) is 32.4. The van der Waals surface area contributed by atoms with Crippen molar-refractivity contribution in [3.8, 4) is 34.1 Å². The second kappa shape index (κ2) is 15.7. The van der Waals surface area contributed by atoms with Gasteiger partial charge in [-0.3, -0.25) is 8.80 Å². The van der Waals surface area contributed by atoms with Crippen LogP contribution in [0.4, 0.5) is 0 Å². The van der Waals surface area contributed by atoms with Crippen molar-refractivity contribution in [1.29, 1.82) is 0 Å². The minimum atomic E-state index is -0.0348. The number of rotatable bonds is 5. The van der Waals surface area contributed by atoms with E-state index in [1.807, 2.05) is 24.4 Å². The van der Waals surface area contributed by atoms with Crippen molar-refractivity contribution in [3.63, 3.8) is 0 Å². The quantitative estimate of drug-likeness (QED) is 0.127. The van der Waals surface area contributed by atoms with Crippen LogP contribution in [0.25, 0.3) is 99.1 Å². The molecular weight excluding hydrogens is 1000 g/mol. The van der Waals surface area contributed by atoms with Gasteiger partial charge >= 0.3 is 0 Å². The summed E-state index contributed by atoms with van der Waals surface area (Å²) in [7, 11) is 0. The molecule has 6 nitrogen and oxygen atoms in total. The smallest absolute Gasteiger partial charge is 0.196 e. The zero-order valence-corrected chi connectivity index (χ0v) is 39.2. The molecule has 0 N–H and O–H groups in total. The van der Waals surface area contributed by atoms with Crippen LogP contribution in [-0.4, -0.2) is 18.5 Å². The molecule has 0 saturated heterocycles. The molecule has 324 valence electrons. The predicted molar refractivity (Wildman–Crippen MR) is 268 cm³/mol. The van der Waals surface area contributed by atoms with Crippen molar-refractivity contribution in [2.24, 2.45) is 0 Å². The standard InChI is InChI=1S/C60H41N5O.Pt/c1-60(2,3)40-33-34-61-56(35-40)64-52-28-12-7-21-45(52)47-32-31-43(37-55(47)64)66-42-20-15-19-41(36-42)62-38-63-51-27-11-9-23-49(51)57-44(39-17-5-4-6-18-39)25-16-26-48(57)46-22-8-13-29-53(46)65-54-30-14-10-24-50(54)58(62)59(63)65;/h4-35H,1-3H3;/q-2;. The Morgan fingerprint density at radius 3 is 1.99 bits per heavy atom. The number of benzene rings is 8. The summed E-state index contributed by atoms with van der Waals surface area (Å²) < 4.78 is 15.7. The monoisotopic (exact) mass is 1040 g/mol. The maximum absolute atomic E-state index is 6.73. The fourth-order valence-electron chi connectivity index (χ4n) is 10.0. The molecule has 5 aromatic heterocycles. The summed E-state index contributed by atoms with van der Waals surface area (Å²) in [5, 5.41) is 7.93. The topological polar surface area (TPSA) is 40.5 Å². The van der Waals surface area contributed by atoms with Crippen LogP contribution in [0.5, 0.6) is 11.5 Å². The summed E-state index contributed by atoms with van der Waals surface area (Å²) in [5.74, 6) is 2.00. The van der Waals surface area contributed by atoms with Crippen LogP contribution in [0, 0.1) is 18.5 Å². The molecule has 0 aliphatic heterocycles. The number of pyridine rings is 1. The van der Waals surface area contributed by atoms with Crippen molar-refractivity contribution in [1.82, 2.24) is 18.5 Å². The van der Waals surface area contributed by atoms with E-state index in [1.165, 1.54) is 27.5 Å². The molecule has 67 heavy (non-hydrogen) atoms. The van der Waals surface area contributed by atoms with Gasteiger partial charge in [0.05, 0.1) is 11.0 Å². The number of imidazole rings is 1. The SMILES string of the molecule is CC(C)(C)c1ccnc(-n2c3[c-]c(Oc4[c-]c(-n5[c-][n+]6c7ccccc7c7c(-c8ccccc8)cccc7c7ccccc7n7c8ccccc8c5c76)ccc4)ccc3c3ccccc32)c1.[Pt]. The number of fused-ring (bicyclic) bond motifs is 13. The Morgan fingerprint density at radius 1 is 0.552 bits per heavy atom. The van der Waals surface area contributed by atoms with Crippen molar-refractivity contribution in [3.05, 3.63) is 218 Å². The first kappa shape index (κ1) is 40.7. The Balaban J connectivity index is 0.00000468. The van der Waals surface area contributed by atoms with Gasteiger partial charge in [0.1, 0.15) is 11.3 Å². The van der Waals surface area contributed by atoms with E-state index in [4.69, 9.17) is 9.72 Å². The normalized spacial score (nSPS) is 12.0.